The SMILES string of the molecule is CCC(Nc1cc(Br)ccc1[N+](=O)[O-])C1(C(=O)O)CC1. The van der Waals surface area contributed by atoms with E-state index in [2.05, 4.69) is 21.2 Å². The maximum absolute atomic E-state index is 11.4. The summed E-state index contributed by atoms with van der Waals surface area (Å²) in [6.45, 7) is 1.88. The summed E-state index contributed by atoms with van der Waals surface area (Å²) in [4.78, 5) is 21.9. The molecule has 6 nitrogen and oxygen atoms in total. The van der Waals surface area contributed by atoms with E-state index < -0.39 is 16.3 Å². The molecule has 1 atom stereocenters. The van der Waals surface area contributed by atoms with E-state index in [0.29, 0.717) is 29.4 Å². The van der Waals surface area contributed by atoms with E-state index in [9.17, 15) is 20.0 Å². The highest BCUT2D eigenvalue weighted by molar-refractivity contribution is 9.10. The Balaban J connectivity index is 2.31. The number of hydrogen-bond donors (Lipinski definition) is 2. The van der Waals surface area contributed by atoms with Gasteiger partial charge < -0.3 is 10.4 Å². The zero-order valence-electron chi connectivity index (χ0n) is 10.9. The molecule has 7 heteroatoms. The number of rotatable bonds is 6. The lowest BCUT2D eigenvalue weighted by Crippen LogP contribution is -2.36. The van der Waals surface area contributed by atoms with Crippen LogP contribution < -0.4 is 5.32 Å². The molecule has 1 aliphatic rings. The largest absolute Gasteiger partial charge is 0.481 e. The summed E-state index contributed by atoms with van der Waals surface area (Å²) < 4.78 is 0.709. The molecule has 108 valence electrons. The molecular formula is C13H15BrN2O4. The van der Waals surface area contributed by atoms with Crippen LogP contribution >= 0.6 is 15.9 Å². The number of carboxylic acids is 1. The number of carbonyl (C=O) groups is 1. The van der Waals surface area contributed by atoms with Crippen molar-refractivity contribution in [2.75, 3.05) is 5.32 Å². The van der Waals surface area contributed by atoms with Gasteiger partial charge in [-0.25, -0.2) is 0 Å². The van der Waals surface area contributed by atoms with Crippen LogP contribution in [0.5, 0.6) is 0 Å². The molecule has 20 heavy (non-hydrogen) atoms. The van der Waals surface area contributed by atoms with Gasteiger partial charge in [-0.2, -0.15) is 0 Å². The Labute approximate surface area is 124 Å². The van der Waals surface area contributed by atoms with E-state index in [1.54, 1.807) is 12.1 Å². The lowest BCUT2D eigenvalue weighted by molar-refractivity contribution is -0.384. The molecule has 0 spiro atoms. The third kappa shape index (κ3) is 2.63. The number of aliphatic carboxylic acids is 1. The van der Waals surface area contributed by atoms with Gasteiger partial charge in [0.25, 0.3) is 5.69 Å². The lowest BCUT2D eigenvalue weighted by atomic mass is 9.94. The minimum atomic E-state index is -0.838. The van der Waals surface area contributed by atoms with Gasteiger partial charge in [0, 0.05) is 16.6 Å². The fourth-order valence-electron chi connectivity index (χ4n) is 2.45. The molecule has 0 radical (unpaired) electrons. The second kappa shape index (κ2) is 5.40. The zero-order chi connectivity index (χ0) is 14.9. The van der Waals surface area contributed by atoms with Gasteiger partial charge in [0.1, 0.15) is 5.69 Å². The average Bonchev–Trinajstić information content (AvgIpc) is 3.17. The second-order valence-corrected chi connectivity index (χ2v) is 5.90. The highest BCUT2D eigenvalue weighted by Crippen LogP contribution is 2.51. The van der Waals surface area contributed by atoms with Gasteiger partial charge in [-0.15, -0.1) is 0 Å². The number of anilines is 1. The van der Waals surface area contributed by atoms with Crippen molar-refractivity contribution in [3.05, 3.63) is 32.8 Å². The smallest absolute Gasteiger partial charge is 0.311 e. The number of hydrogen-bond acceptors (Lipinski definition) is 4. The molecule has 1 aliphatic carbocycles. The highest BCUT2D eigenvalue weighted by atomic mass is 79.9. The van der Waals surface area contributed by atoms with E-state index in [-0.39, 0.29) is 11.7 Å². The minimum Gasteiger partial charge on any atom is -0.481 e. The molecule has 1 fully saturated rings. The Kier molecular flexibility index (Phi) is 3.99. The molecule has 2 rings (SSSR count). The predicted molar refractivity (Wildman–Crippen MR) is 77.8 cm³/mol. The highest BCUT2D eigenvalue weighted by Gasteiger charge is 2.55. The standard InChI is InChI=1S/C13H15BrN2O4/c1-2-11(13(5-6-13)12(17)18)15-9-7-8(14)3-4-10(9)16(19)20/h3-4,7,11,15H,2,5-6H2,1H3,(H,17,18). The molecule has 1 aromatic rings. The summed E-state index contributed by atoms with van der Waals surface area (Å²) in [7, 11) is 0. The Morgan fingerprint density at radius 2 is 2.25 bits per heavy atom. The third-order valence-corrected chi connectivity index (χ3v) is 4.27. The first kappa shape index (κ1) is 14.8. The van der Waals surface area contributed by atoms with E-state index >= 15 is 0 Å². The summed E-state index contributed by atoms with van der Waals surface area (Å²) in [5.74, 6) is -0.838. The number of nitro benzene ring substituents is 1. The Morgan fingerprint density at radius 3 is 2.70 bits per heavy atom. The molecule has 0 aromatic heterocycles. The van der Waals surface area contributed by atoms with Crippen molar-refractivity contribution in [2.24, 2.45) is 5.41 Å². The molecular weight excluding hydrogens is 328 g/mol. The van der Waals surface area contributed by atoms with Gasteiger partial charge in [-0.1, -0.05) is 22.9 Å². The van der Waals surface area contributed by atoms with Crippen molar-refractivity contribution in [3.63, 3.8) is 0 Å². The van der Waals surface area contributed by atoms with Gasteiger partial charge >= 0.3 is 5.97 Å². The number of benzene rings is 1. The number of carboxylic acid groups (broad SMARTS) is 1. The van der Waals surface area contributed by atoms with Crippen LogP contribution in [0.25, 0.3) is 0 Å². The first-order chi connectivity index (χ1) is 9.40. The third-order valence-electron chi connectivity index (χ3n) is 3.77. The summed E-state index contributed by atoms with van der Waals surface area (Å²) in [5, 5.41) is 23.4. The van der Waals surface area contributed by atoms with Crippen LogP contribution in [0.4, 0.5) is 11.4 Å². The molecule has 0 heterocycles. The van der Waals surface area contributed by atoms with E-state index in [4.69, 9.17) is 0 Å². The summed E-state index contributed by atoms with van der Waals surface area (Å²) in [6.07, 6.45) is 1.81. The van der Waals surface area contributed by atoms with Crippen molar-refractivity contribution in [2.45, 2.75) is 32.2 Å². The molecule has 0 bridgehead atoms. The first-order valence-corrected chi connectivity index (χ1v) is 7.14. The molecule has 0 saturated heterocycles. The Hall–Kier alpha value is -1.63. The maximum atomic E-state index is 11.4. The first-order valence-electron chi connectivity index (χ1n) is 6.34. The van der Waals surface area contributed by atoms with Gasteiger partial charge in [-0.3, -0.25) is 14.9 Å². The fraction of sp³-hybridized carbons (Fsp3) is 0.462. The normalized spacial score (nSPS) is 17.3. The molecule has 0 amide bonds. The Bertz CT molecular complexity index is 557. The van der Waals surface area contributed by atoms with Gasteiger partial charge in [-0.05, 0) is 31.4 Å². The number of nitro groups is 1. The van der Waals surface area contributed by atoms with E-state index in [0.717, 1.165) is 0 Å². The fourth-order valence-corrected chi connectivity index (χ4v) is 2.81. The van der Waals surface area contributed by atoms with Crippen molar-refractivity contribution in [1.82, 2.24) is 0 Å². The minimum absolute atomic E-state index is 0.0483. The topological polar surface area (TPSA) is 92.5 Å². The number of nitrogens with zero attached hydrogens (tertiary/aromatic N) is 1. The van der Waals surface area contributed by atoms with Crippen molar-refractivity contribution >= 4 is 33.3 Å². The van der Waals surface area contributed by atoms with Crippen molar-refractivity contribution in [1.29, 1.82) is 0 Å². The quantitative estimate of drug-likeness (QED) is 0.610. The van der Waals surface area contributed by atoms with E-state index in [1.807, 2.05) is 6.92 Å². The van der Waals surface area contributed by atoms with E-state index in [1.165, 1.54) is 6.07 Å². The molecule has 1 unspecified atom stereocenters. The monoisotopic (exact) mass is 342 g/mol. The predicted octanol–water partition coefficient (Wildman–Crippen LogP) is 3.41. The number of halogens is 1. The van der Waals surface area contributed by atoms with Crippen LogP contribution in [0.15, 0.2) is 22.7 Å². The maximum Gasteiger partial charge on any atom is 0.311 e. The average molecular weight is 343 g/mol. The van der Waals surface area contributed by atoms with Crippen LogP contribution in [0, 0.1) is 15.5 Å². The zero-order valence-corrected chi connectivity index (χ0v) is 12.5. The van der Waals surface area contributed by atoms with Crippen molar-refractivity contribution in [3.8, 4) is 0 Å². The van der Waals surface area contributed by atoms with Crippen LogP contribution in [0.3, 0.4) is 0 Å². The molecule has 0 aliphatic heterocycles. The summed E-state index contributed by atoms with van der Waals surface area (Å²) in [6, 6.07) is 4.29. The van der Waals surface area contributed by atoms with Crippen molar-refractivity contribution < 1.29 is 14.8 Å². The number of nitrogens with one attached hydrogen (secondary N) is 1. The van der Waals surface area contributed by atoms with Crippen LogP contribution in [0.1, 0.15) is 26.2 Å². The summed E-state index contributed by atoms with van der Waals surface area (Å²) in [5.41, 5.74) is -0.484. The lowest BCUT2D eigenvalue weighted by Gasteiger charge is -2.24. The Morgan fingerprint density at radius 1 is 1.60 bits per heavy atom. The van der Waals surface area contributed by atoms with Crippen LogP contribution in [0.2, 0.25) is 0 Å². The molecule has 1 aromatic carbocycles. The van der Waals surface area contributed by atoms with Gasteiger partial charge in [0.2, 0.25) is 0 Å². The van der Waals surface area contributed by atoms with Gasteiger partial charge in [0.15, 0.2) is 0 Å². The molecule has 1 saturated carbocycles. The summed E-state index contributed by atoms with van der Waals surface area (Å²) >= 11 is 3.27. The van der Waals surface area contributed by atoms with Crippen LogP contribution in [-0.4, -0.2) is 22.0 Å². The van der Waals surface area contributed by atoms with Gasteiger partial charge in [0.05, 0.1) is 10.3 Å². The van der Waals surface area contributed by atoms with Crippen LogP contribution in [-0.2, 0) is 4.79 Å². The second-order valence-electron chi connectivity index (χ2n) is 4.99. The molecule has 2 N–H and O–H groups in total.